The Kier molecular flexibility index (Phi) is 11.5. The number of hydrogen-bond acceptors (Lipinski definition) is 4. The smallest absolute Gasteiger partial charge is 0.254 e. The molecule has 1 amide bonds. The van der Waals surface area contributed by atoms with Gasteiger partial charge < -0.3 is 4.90 Å². The van der Waals surface area contributed by atoms with Gasteiger partial charge in [0.05, 0.1) is 4.90 Å². The normalized spacial score (nSPS) is 16.4. The maximum Gasteiger partial charge on any atom is 0.254 e. The molecule has 0 aromatic heterocycles. The van der Waals surface area contributed by atoms with Crippen molar-refractivity contribution in [3.63, 3.8) is 0 Å². The molecule has 0 saturated carbocycles. The van der Waals surface area contributed by atoms with Crippen LogP contribution < -0.4 is 0 Å². The topological polar surface area (TPSA) is 60.9 Å². The number of carbonyl (C=O) groups excluding carboxylic acids is 1. The van der Waals surface area contributed by atoms with E-state index in [9.17, 15) is 13.2 Å². The Bertz CT molecular complexity index is 1360. The third-order valence-corrected chi connectivity index (χ3v) is 8.95. The molecule has 8 heteroatoms. The minimum Gasteiger partial charge on any atom is -0.335 e. The van der Waals surface area contributed by atoms with Gasteiger partial charge in [0.1, 0.15) is 0 Å². The van der Waals surface area contributed by atoms with Gasteiger partial charge in [-0.1, -0.05) is 72.3 Å². The van der Waals surface area contributed by atoms with E-state index in [0.717, 1.165) is 37.2 Å². The van der Waals surface area contributed by atoms with Crippen LogP contribution in [0.5, 0.6) is 0 Å². The van der Waals surface area contributed by atoms with Gasteiger partial charge in [0.2, 0.25) is 10.0 Å². The van der Waals surface area contributed by atoms with Crippen molar-refractivity contribution in [2.45, 2.75) is 38.1 Å². The first kappa shape index (κ1) is 31.6. The van der Waals surface area contributed by atoms with E-state index < -0.39 is 10.0 Å². The lowest BCUT2D eigenvalue weighted by Gasteiger charge is -2.31. The average molecular weight is 582 g/mol. The fourth-order valence-corrected chi connectivity index (χ4v) is 6.41. The van der Waals surface area contributed by atoms with Crippen molar-refractivity contribution in [1.82, 2.24) is 14.1 Å². The Balaban J connectivity index is 0.00000441. The average Bonchev–Trinajstić information content (AvgIpc) is 2.92. The summed E-state index contributed by atoms with van der Waals surface area (Å²) in [4.78, 5) is 18.0. The summed E-state index contributed by atoms with van der Waals surface area (Å²) in [7, 11) is -3.72. The van der Waals surface area contributed by atoms with Crippen molar-refractivity contribution in [1.29, 1.82) is 0 Å². The minimum absolute atomic E-state index is 0. The van der Waals surface area contributed by atoms with Crippen molar-refractivity contribution in [2.24, 2.45) is 0 Å². The molecule has 0 unspecified atom stereocenters. The van der Waals surface area contributed by atoms with Gasteiger partial charge in [0.15, 0.2) is 0 Å². The molecule has 40 heavy (non-hydrogen) atoms. The maximum atomic E-state index is 13.7. The number of benzene rings is 3. The molecule has 0 bridgehead atoms. The summed E-state index contributed by atoms with van der Waals surface area (Å²) >= 11 is 0. The van der Waals surface area contributed by atoms with Crippen LogP contribution in [0.2, 0.25) is 0 Å². The van der Waals surface area contributed by atoms with Crippen LogP contribution in [-0.2, 0) is 16.6 Å². The predicted octanol–water partition coefficient (Wildman–Crippen LogP) is 5.71. The zero-order valence-corrected chi connectivity index (χ0v) is 25.1. The molecule has 0 spiro atoms. The lowest BCUT2D eigenvalue weighted by atomic mass is 10.1. The predicted molar refractivity (Wildman–Crippen MR) is 164 cm³/mol. The minimum atomic E-state index is -3.72. The zero-order chi connectivity index (χ0) is 27.8. The van der Waals surface area contributed by atoms with E-state index in [1.54, 1.807) is 12.1 Å². The van der Waals surface area contributed by atoms with Gasteiger partial charge in [-0.05, 0) is 68.6 Å². The van der Waals surface area contributed by atoms with E-state index in [-0.39, 0.29) is 29.8 Å². The van der Waals surface area contributed by atoms with Gasteiger partial charge in [0, 0.05) is 44.8 Å². The van der Waals surface area contributed by atoms with E-state index >= 15 is 0 Å². The van der Waals surface area contributed by atoms with Crippen LogP contribution in [0.15, 0.2) is 95.9 Å². The molecule has 3 aromatic carbocycles. The molecule has 1 fully saturated rings. The molecule has 3 aromatic rings. The molecule has 214 valence electrons. The van der Waals surface area contributed by atoms with Crippen molar-refractivity contribution < 1.29 is 13.2 Å². The molecular weight excluding hydrogens is 542 g/mol. The molecule has 1 aliphatic heterocycles. The van der Waals surface area contributed by atoms with Crippen molar-refractivity contribution in [3.8, 4) is 0 Å². The van der Waals surface area contributed by atoms with Crippen molar-refractivity contribution in [2.75, 3.05) is 39.3 Å². The SMILES string of the molecule is C=C1CN(C(=O)c2ccc(C)cc2)CCCN(Cc2ccccc2)CCCN(S(=O)(=O)c2ccc(C)cc2)C1.Cl. The first-order valence-electron chi connectivity index (χ1n) is 13.6. The number of hydrogen-bond donors (Lipinski definition) is 0. The third-order valence-electron chi connectivity index (χ3n) is 7.09. The first-order chi connectivity index (χ1) is 18.7. The fraction of sp³-hybridized carbons (Fsp3) is 0.344. The molecule has 1 aliphatic rings. The van der Waals surface area contributed by atoms with Gasteiger partial charge in [-0.25, -0.2) is 8.42 Å². The summed E-state index contributed by atoms with van der Waals surface area (Å²) < 4.78 is 28.9. The summed E-state index contributed by atoms with van der Waals surface area (Å²) in [6, 6.07) is 24.9. The Hall–Kier alpha value is -2.97. The van der Waals surface area contributed by atoms with E-state index in [0.29, 0.717) is 37.2 Å². The number of aryl methyl sites for hydroxylation is 2. The van der Waals surface area contributed by atoms with Gasteiger partial charge in [-0.2, -0.15) is 4.31 Å². The van der Waals surface area contributed by atoms with Gasteiger partial charge in [-0.15, -0.1) is 12.4 Å². The summed E-state index contributed by atoms with van der Waals surface area (Å²) in [6.07, 6.45) is 1.53. The zero-order valence-electron chi connectivity index (χ0n) is 23.5. The highest BCUT2D eigenvalue weighted by molar-refractivity contribution is 7.89. The van der Waals surface area contributed by atoms with Crippen LogP contribution in [0.1, 0.15) is 39.9 Å². The lowest BCUT2D eigenvalue weighted by Crippen LogP contribution is -2.41. The Morgan fingerprint density at radius 1 is 0.775 bits per heavy atom. The van der Waals surface area contributed by atoms with Crippen LogP contribution in [0.25, 0.3) is 0 Å². The fourth-order valence-electron chi connectivity index (χ4n) is 4.91. The maximum absolute atomic E-state index is 13.7. The number of nitrogens with zero attached hydrogens (tertiary/aromatic N) is 3. The number of carbonyl (C=O) groups is 1. The Morgan fingerprint density at radius 3 is 1.98 bits per heavy atom. The van der Waals surface area contributed by atoms with Crippen LogP contribution >= 0.6 is 12.4 Å². The van der Waals surface area contributed by atoms with Crippen molar-refractivity contribution in [3.05, 3.63) is 113 Å². The highest BCUT2D eigenvalue weighted by Crippen LogP contribution is 2.20. The highest BCUT2D eigenvalue weighted by atomic mass is 35.5. The van der Waals surface area contributed by atoms with E-state index in [1.807, 2.05) is 73.3 Å². The molecule has 6 nitrogen and oxygen atoms in total. The molecule has 1 saturated heterocycles. The quantitative estimate of drug-likeness (QED) is 0.362. The Labute approximate surface area is 245 Å². The van der Waals surface area contributed by atoms with E-state index in [1.165, 1.54) is 9.87 Å². The van der Waals surface area contributed by atoms with Crippen LogP contribution in [0.4, 0.5) is 0 Å². The molecule has 0 radical (unpaired) electrons. The van der Waals surface area contributed by atoms with Crippen LogP contribution in [0.3, 0.4) is 0 Å². The summed E-state index contributed by atoms with van der Waals surface area (Å²) in [5.74, 6) is -0.0595. The summed E-state index contributed by atoms with van der Waals surface area (Å²) in [5.41, 5.74) is 4.65. The number of sulfonamides is 1. The second-order valence-corrected chi connectivity index (χ2v) is 12.4. The standard InChI is InChI=1S/C32H39N3O3S.ClH/c1-26-11-15-30(16-12-26)32(36)34-21-7-19-33(25-29-9-5-4-6-10-29)20-8-22-35(24-28(3)23-34)39(37,38)31-17-13-27(2)14-18-31;/h4-6,9-18H,3,7-8,19-25H2,1-2H3;1H. The largest absolute Gasteiger partial charge is 0.335 e. The number of amides is 1. The molecule has 4 rings (SSSR count). The van der Waals surface area contributed by atoms with Crippen LogP contribution in [-0.4, -0.2) is 67.7 Å². The molecule has 0 N–H and O–H groups in total. The second-order valence-electron chi connectivity index (χ2n) is 10.5. The summed E-state index contributed by atoms with van der Waals surface area (Å²) in [6.45, 7) is 11.9. The van der Waals surface area contributed by atoms with Gasteiger partial charge in [0.25, 0.3) is 5.91 Å². The van der Waals surface area contributed by atoms with E-state index in [4.69, 9.17) is 0 Å². The highest BCUT2D eigenvalue weighted by Gasteiger charge is 2.27. The third kappa shape index (κ3) is 8.51. The van der Waals surface area contributed by atoms with Crippen molar-refractivity contribution >= 4 is 28.3 Å². The van der Waals surface area contributed by atoms with Gasteiger partial charge in [-0.3, -0.25) is 9.69 Å². The molecule has 1 heterocycles. The summed E-state index contributed by atoms with van der Waals surface area (Å²) in [5, 5.41) is 0. The number of rotatable bonds is 5. The molecule has 0 atom stereocenters. The first-order valence-corrected chi connectivity index (χ1v) is 15.0. The van der Waals surface area contributed by atoms with Crippen LogP contribution in [0, 0.1) is 13.8 Å². The number of halogens is 1. The second kappa shape index (κ2) is 14.6. The molecular formula is C32H40ClN3O3S. The van der Waals surface area contributed by atoms with E-state index in [2.05, 4.69) is 23.6 Å². The monoisotopic (exact) mass is 581 g/mol. The van der Waals surface area contributed by atoms with Gasteiger partial charge >= 0.3 is 0 Å². The Morgan fingerprint density at radius 2 is 1.35 bits per heavy atom. The molecule has 0 aliphatic carbocycles. The lowest BCUT2D eigenvalue weighted by molar-refractivity contribution is 0.0758.